The van der Waals surface area contributed by atoms with Crippen molar-refractivity contribution in [3.8, 4) is 5.75 Å². The zero-order valence-electron chi connectivity index (χ0n) is 16.2. The standard InChI is InChI=1S/C20H23N3O6S/c24-19(14-21-20(25)15-29-17-6-2-1-3-7-17)22-16-5-4-8-18(13-16)30(26,27)23-9-11-28-12-10-23/h1-8,13H,9-12,14-15H2,(H,21,25)(H,22,24). The Morgan fingerprint density at radius 3 is 2.47 bits per heavy atom. The topological polar surface area (TPSA) is 114 Å². The summed E-state index contributed by atoms with van der Waals surface area (Å²) in [6, 6.07) is 14.8. The quantitative estimate of drug-likeness (QED) is 0.638. The lowest BCUT2D eigenvalue weighted by atomic mass is 10.3. The van der Waals surface area contributed by atoms with Gasteiger partial charge in [-0.15, -0.1) is 0 Å². The number of nitrogens with one attached hydrogen (secondary N) is 2. The Kier molecular flexibility index (Phi) is 7.39. The Balaban J connectivity index is 1.50. The van der Waals surface area contributed by atoms with Gasteiger partial charge < -0.3 is 20.1 Å². The van der Waals surface area contributed by atoms with E-state index < -0.39 is 21.8 Å². The third kappa shape index (κ3) is 6.02. The van der Waals surface area contributed by atoms with Crippen molar-refractivity contribution in [1.82, 2.24) is 9.62 Å². The van der Waals surface area contributed by atoms with Crippen LogP contribution >= 0.6 is 0 Å². The van der Waals surface area contributed by atoms with Gasteiger partial charge in [-0.2, -0.15) is 4.31 Å². The van der Waals surface area contributed by atoms with Crippen molar-refractivity contribution in [1.29, 1.82) is 0 Å². The van der Waals surface area contributed by atoms with Gasteiger partial charge in [0.25, 0.3) is 5.91 Å². The van der Waals surface area contributed by atoms with Crippen molar-refractivity contribution in [2.75, 3.05) is 44.8 Å². The van der Waals surface area contributed by atoms with Crippen LogP contribution in [0.15, 0.2) is 59.5 Å². The number of anilines is 1. The molecule has 1 aliphatic rings. The molecular weight excluding hydrogens is 410 g/mol. The van der Waals surface area contributed by atoms with Crippen LogP contribution < -0.4 is 15.4 Å². The van der Waals surface area contributed by atoms with Gasteiger partial charge in [-0.25, -0.2) is 8.42 Å². The lowest BCUT2D eigenvalue weighted by Gasteiger charge is -2.26. The lowest BCUT2D eigenvalue weighted by Crippen LogP contribution is -2.40. The zero-order valence-corrected chi connectivity index (χ0v) is 17.1. The number of carbonyl (C=O) groups is 2. The summed E-state index contributed by atoms with van der Waals surface area (Å²) in [6.45, 7) is 0.792. The normalized spacial score (nSPS) is 14.7. The Morgan fingerprint density at radius 2 is 1.73 bits per heavy atom. The monoisotopic (exact) mass is 433 g/mol. The van der Waals surface area contributed by atoms with Crippen LogP contribution in [-0.4, -0.2) is 64.0 Å². The summed E-state index contributed by atoms with van der Waals surface area (Å²) in [6.07, 6.45) is 0. The highest BCUT2D eigenvalue weighted by Crippen LogP contribution is 2.20. The molecule has 2 aromatic rings. The van der Waals surface area contributed by atoms with E-state index in [4.69, 9.17) is 9.47 Å². The molecule has 0 bridgehead atoms. The molecule has 0 radical (unpaired) electrons. The summed E-state index contributed by atoms with van der Waals surface area (Å²) in [5, 5.41) is 5.04. The molecule has 9 nitrogen and oxygen atoms in total. The highest BCUT2D eigenvalue weighted by Gasteiger charge is 2.26. The molecule has 160 valence electrons. The largest absolute Gasteiger partial charge is 0.484 e. The third-order valence-electron chi connectivity index (χ3n) is 4.28. The number of morpholine rings is 1. The van der Waals surface area contributed by atoms with Crippen molar-refractivity contribution >= 4 is 27.5 Å². The van der Waals surface area contributed by atoms with Crippen LogP contribution in [0.4, 0.5) is 5.69 Å². The molecule has 0 aromatic heterocycles. The van der Waals surface area contributed by atoms with E-state index in [1.807, 2.05) is 6.07 Å². The second kappa shape index (κ2) is 10.2. The summed E-state index contributed by atoms with van der Waals surface area (Å²) in [4.78, 5) is 24.0. The van der Waals surface area contributed by atoms with E-state index in [0.717, 1.165) is 0 Å². The molecule has 2 aromatic carbocycles. The Bertz CT molecular complexity index is 975. The molecule has 30 heavy (non-hydrogen) atoms. The van der Waals surface area contributed by atoms with Crippen molar-refractivity contribution < 1.29 is 27.5 Å². The van der Waals surface area contributed by atoms with Crippen LogP contribution in [0.3, 0.4) is 0 Å². The molecule has 0 spiro atoms. The molecule has 0 atom stereocenters. The number of amides is 2. The first kappa shape index (κ1) is 21.8. The highest BCUT2D eigenvalue weighted by molar-refractivity contribution is 7.89. The molecule has 1 saturated heterocycles. The van der Waals surface area contributed by atoms with Gasteiger partial charge in [0.1, 0.15) is 5.75 Å². The van der Waals surface area contributed by atoms with Crippen LogP contribution in [0.25, 0.3) is 0 Å². The molecular formula is C20H23N3O6S. The number of ether oxygens (including phenoxy) is 2. The lowest BCUT2D eigenvalue weighted by molar-refractivity contribution is -0.125. The van der Waals surface area contributed by atoms with Gasteiger partial charge in [-0.3, -0.25) is 9.59 Å². The van der Waals surface area contributed by atoms with Crippen LogP contribution in [0.2, 0.25) is 0 Å². The smallest absolute Gasteiger partial charge is 0.258 e. The van der Waals surface area contributed by atoms with Crippen LogP contribution in [0.1, 0.15) is 0 Å². The molecule has 2 amide bonds. The van der Waals surface area contributed by atoms with Gasteiger partial charge in [-0.05, 0) is 30.3 Å². The zero-order chi connectivity index (χ0) is 21.4. The van der Waals surface area contributed by atoms with E-state index in [1.54, 1.807) is 36.4 Å². The molecule has 3 rings (SSSR count). The Hall–Kier alpha value is -2.95. The van der Waals surface area contributed by atoms with Gasteiger partial charge in [-0.1, -0.05) is 24.3 Å². The molecule has 2 N–H and O–H groups in total. The maximum Gasteiger partial charge on any atom is 0.258 e. The van der Waals surface area contributed by atoms with Gasteiger partial charge in [0.05, 0.1) is 24.7 Å². The van der Waals surface area contributed by atoms with Gasteiger partial charge in [0.15, 0.2) is 6.61 Å². The average Bonchev–Trinajstić information content (AvgIpc) is 2.78. The Labute approximate surface area is 175 Å². The molecule has 0 aliphatic carbocycles. The van der Waals surface area contributed by atoms with Crippen LogP contribution in [0.5, 0.6) is 5.75 Å². The van der Waals surface area contributed by atoms with Gasteiger partial charge >= 0.3 is 0 Å². The first-order valence-corrected chi connectivity index (χ1v) is 10.8. The number of para-hydroxylation sites is 1. The molecule has 1 aliphatic heterocycles. The number of nitrogens with zero attached hydrogens (tertiary/aromatic N) is 1. The van der Waals surface area contributed by atoms with Crippen LogP contribution in [-0.2, 0) is 24.3 Å². The number of rotatable bonds is 8. The van der Waals surface area contributed by atoms with Gasteiger partial charge in [0.2, 0.25) is 15.9 Å². The number of hydrogen-bond donors (Lipinski definition) is 2. The van der Waals surface area contributed by atoms with E-state index in [2.05, 4.69) is 10.6 Å². The SMILES string of the molecule is O=C(COc1ccccc1)NCC(=O)Nc1cccc(S(=O)(=O)N2CCOCC2)c1. The van der Waals surface area contributed by atoms with Crippen molar-refractivity contribution in [2.24, 2.45) is 0 Å². The number of sulfonamides is 1. The molecule has 1 fully saturated rings. The predicted octanol–water partition coefficient (Wildman–Crippen LogP) is 0.841. The summed E-state index contributed by atoms with van der Waals surface area (Å²) >= 11 is 0. The second-order valence-electron chi connectivity index (χ2n) is 6.47. The van der Waals surface area contributed by atoms with Crippen molar-refractivity contribution in [3.63, 3.8) is 0 Å². The summed E-state index contributed by atoms with van der Waals surface area (Å²) in [7, 11) is -3.66. The first-order chi connectivity index (χ1) is 14.4. The van der Waals surface area contributed by atoms with Crippen LogP contribution in [0, 0.1) is 0 Å². The van der Waals surface area contributed by atoms with Crippen molar-refractivity contribution in [2.45, 2.75) is 4.90 Å². The molecule has 0 unspecified atom stereocenters. The minimum Gasteiger partial charge on any atom is -0.484 e. The fraction of sp³-hybridized carbons (Fsp3) is 0.300. The Morgan fingerprint density at radius 1 is 1.00 bits per heavy atom. The van der Waals surface area contributed by atoms with E-state index in [-0.39, 0.29) is 31.1 Å². The molecule has 10 heteroatoms. The summed E-state index contributed by atoms with van der Waals surface area (Å²) in [5.74, 6) is -0.378. The number of carbonyl (C=O) groups excluding carboxylic acids is 2. The van der Waals surface area contributed by atoms with E-state index in [1.165, 1.54) is 16.4 Å². The minimum absolute atomic E-state index is 0.0856. The fourth-order valence-corrected chi connectivity index (χ4v) is 4.23. The van der Waals surface area contributed by atoms with E-state index in [9.17, 15) is 18.0 Å². The maximum atomic E-state index is 12.7. The second-order valence-corrected chi connectivity index (χ2v) is 8.41. The summed E-state index contributed by atoms with van der Waals surface area (Å²) < 4.78 is 37.3. The molecule has 1 heterocycles. The highest BCUT2D eigenvalue weighted by atomic mass is 32.2. The summed E-state index contributed by atoms with van der Waals surface area (Å²) in [5.41, 5.74) is 0.323. The van der Waals surface area contributed by atoms with Crippen molar-refractivity contribution in [3.05, 3.63) is 54.6 Å². The average molecular weight is 433 g/mol. The number of hydrogen-bond acceptors (Lipinski definition) is 6. The van der Waals surface area contributed by atoms with E-state index >= 15 is 0 Å². The van der Waals surface area contributed by atoms with E-state index in [0.29, 0.717) is 24.7 Å². The molecule has 0 saturated carbocycles. The number of benzene rings is 2. The predicted molar refractivity (Wildman–Crippen MR) is 110 cm³/mol. The minimum atomic E-state index is -3.66. The fourth-order valence-electron chi connectivity index (χ4n) is 2.77. The first-order valence-electron chi connectivity index (χ1n) is 9.37. The van der Waals surface area contributed by atoms with Gasteiger partial charge in [0, 0.05) is 18.8 Å². The third-order valence-corrected chi connectivity index (χ3v) is 6.18. The maximum absolute atomic E-state index is 12.7.